The maximum Gasteiger partial charge on any atom is 0.255 e. The predicted molar refractivity (Wildman–Crippen MR) is 96.5 cm³/mol. The summed E-state index contributed by atoms with van der Waals surface area (Å²) in [6, 6.07) is 7.92. The maximum atomic E-state index is 13.2. The molecule has 0 radical (unpaired) electrons. The molecule has 1 atom stereocenters. The van der Waals surface area contributed by atoms with E-state index >= 15 is 0 Å². The van der Waals surface area contributed by atoms with Crippen LogP contribution in [0.15, 0.2) is 29.1 Å². The molecule has 1 N–H and O–H groups in total. The lowest BCUT2D eigenvalue weighted by atomic mass is 9.99. The van der Waals surface area contributed by atoms with Crippen LogP contribution in [-0.4, -0.2) is 41.1 Å². The second kappa shape index (κ2) is 6.40. The number of rotatable bonds is 2. The van der Waals surface area contributed by atoms with Gasteiger partial charge in [-0.1, -0.05) is 32.0 Å². The van der Waals surface area contributed by atoms with Crippen LogP contribution >= 0.6 is 0 Å². The largest absolute Gasteiger partial charge is 0.336 e. The molecule has 1 aliphatic heterocycles. The van der Waals surface area contributed by atoms with Gasteiger partial charge >= 0.3 is 0 Å². The van der Waals surface area contributed by atoms with Gasteiger partial charge in [0.15, 0.2) is 0 Å². The minimum atomic E-state index is -0.104. The molecule has 0 bridgehead atoms. The first-order valence-corrected chi connectivity index (χ1v) is 8.52. The van der Waals surface area contributed by atoms with E-state index in [1.165, 1.54) is 0 Å². The van der Waals surface area contributed by atoms with Gasteiger partial charge in [0.05, 0.1) is 11.1 Å². The first-order valence-electron chi connectivity index (χ1n) is 8.52. The number of nitrogens with one attached hydrogen (secondary N) is 1. The molecule has 0 aliphatic carbocycles. The Morgan fingerprint density at radius 1 is 1.29 bits per heavy atom. The Hall–Kier alpha value is -2.14. The van der Waals surface area contributed by atoms with Crippen LogP contribution in [-0.2, 0) is 7.05 Å². The smallest absolute Gasteiger partial charge is 0.255 e. The van der Waals surface area contributed by atoms with Crippen molar-refractivity contribution in [2.45, 2.75) is 26.8 Å². The Balaban J connectivity index is 2.09. The lowest BCUT2D eigenvalue weighted by Gasteiger charge is -2.36. The van der Waals surface area contributed by atoms with Crippen molar-refractivity contribution < 1.29 is 4.79 Å². The molecule has 0 spiro atoms. The monoisotopic (exact) mass is 327 g/mol. The number of hydrogen-bond donors (Lipinski definition) is 1. The molecule has 1 fully saturated rings. The van der Waals surface area contributed by atoms with Crippen LogP contribution in [0.3, 0.4) is 0 Å². The van der Waals surface area contributed by atoms with Crippen molar-refractivity contribution in [3.05, 3.63) is 45.7 Å². The van der Waals surface area contributed by atoms with Gasteiger partial charge in [-0.25, -0.2) is 0 Å². The highest BCUT2D eigenvalue weighted by molar-refractivity contribution is 6.07. The molecule has 2 heterocycles. The van der Waals surface area contributed by atoms with Crippen LogP contribution in [0.5, 0.6) is 0 Å². The Kier molecular flexibility index (Phi) is 4.45. The second-order valence-electron chi connectivity index (χ2n) is 6.94. The fourth-order valence-corrected chi connectivity index (χ4v) is 3.49. The van der Waals surface area contributed by atoms with Gasteiger partial charge < -0.3 is 14.8 Å². The highest BCUT2D eigenvalue weighted by Gasteiger charge is 2.28. The number of pyridine rings is 1. The average molecular weight is 327 g/mol. The van der Waals surface area contributed by atoms with Crippen molar-refractivity contribution >= 4 is 16.8 Å². The van der Waals surface area contributed by atoms with E-state index in [0.29, 0.717) is 36.2 Å². The van der Waals surface area contributed by atoms with Crippen LogP contribution < -0.4 is 10.9 Å². The fourth-order valence-electron chi connectivity index (χ4n) is 3.49. The molecular formula is C19H25N3O2. The standard InChI is InChI=1S/C19H25N3O2/c1-12(2)15-11-22(10-9-20-15)19(24)17-13(3)18(23)21(4)16-8-6-5-7-14(16)17/h5-8,12,15,20H,9-11H2,1-4H3. The van der Waals surface area contributed by atoms with Crippen LogP contribution in [0.25, 0.3) is 10.9 Å². The summed E-state index contributed by atoms with van der Waals surface area (Å²) in [7, 11) is 1.76. The van der Waals surface area contributed by atoms with E-state index in [-0.39, 0.29) is 11.5 Å². The molecule has 1 amide bonds. The van der Waals surface area contributed by atoms with Crippen LogP contribution in [0.1, 0.15) is 29.8 Å². The molecule has 2 aromatic rings. The molecule has 128 valence electrons. The second-order valence-corrected chi connectivity index (χ2v) is 6.94. The van der Waals surface area contributed by atoms with Gasteiger partial charge in [-0.05, 0) is 18.9 Å². The summed E-state index contributed by atoms with van der Waals surface area (Å²) >= 11 is 0. The van der Waals surface area contributed by atoms with Gasteiger partial charge in [-0.3, -0.25) is 9.59 Å². The quantitative estimate of drug-likeness (QED) is 0.917. The Bertz CT molecular complexity index is 838. The van der Waals surface area contributed by atoms with E-state index in [9.17, 15) is 9.59 Å². The number of carbonyl (C=O) groups excluding carboxylic acids is 1. The molecule has 24 heavy (non-hydrogen) atoms. The summed E-state index contributed by atoms with van der Waals surface area (Å²) in [4.78, 5) is 27.6. The minimum absolute atomic E-state index is 0.0337. The molecule has 1 unspecified atom stereocenters. The summed E-state index contributed by atoms with van der Waals surface area (Å²) < 4.78 is 1.62. The van der Waals surface area contributed by atoms with E-state index in [0.717, 1.165) is 17.4 Å². The zero-order valence-electron chi connectivity index (χ0n) is 14.8. The molecule has 1 aliphatic rings. The lowest BCUT2D eigenvalue weighted by molar-refractivity contribution is 0.0685. The normalized spacial score (nSPS) is 18.4. The van der Waals surface area contributed by atoms with Crippen molar-refractivity contribution in [3.8, 4) is 0 Å². The van der Waals surface area contributed by atoms with Crippen LogP contribution in [0, 0.1) is 12.8 Å². The maximum absolute atomic E-state index is 13.2. The number of amides is 1. The third kappa shape index (κ3) is 2.73. The summed E-state index contributed by atoms with van der Waals surface area (Å²) in [6.07, 6.45) is 0. The third-order valence-corrected chi connectivity index (χ3v) is 5.05. The number of nitrogens with zero attached hydrogens (tertiary/aromatic N) is 2. The Labute approximate surface area is 142 Å². The molecule has 1 aromatic carbocycles. The number of hydrogen-bond acceptors (Lipinski definition) is 3. The first-order chi connectivity index (χ1) is 11.4. The number of piperazine rings is 1. The summed E-state index contributed by atoms with van der Waals surface area (Å²) in [5.74, 6) is 0.427. The Morgan fingerprint density at radius 3 is 2.71 bits per heavy atom. The zero-order valence-corrected chi connectivity index (χ0v) is 14.8. The molecule has 3 rings (SSSR count). The first kappa shape index (κ1) is 16.7. The van der Waals surface area contributed by atoms with Crippen LogP contribution in [0.4, 0.5) is 0 Å². The summed E-state index contributed by atoms with van der Waals surface area (Å²) in [5.41, 5.74) is 1.78. The SMILES string of the molecule is Cc1c(C(=O)N2CCNC(C(C)C)C2)c2ccccc2n(C)c1=O. The van der Waals surface area contributed by atoms with Crippen molar-refractivity contribution in [2.75, 3.05) is 19.6 Å². The van der Waals surface area contributed by atoms with Gasteiger partial charge in [0.25, 0.3) is 11.5 Å². The minimum Gasteiger partial charge on any atom is -0.336 e. The topological polar surface area (TPSA) is 54.3 Å². The fraction of sp³-hybridized carbons (Fsp3) is 0.474. The van der Waals surface area contributed by atoms with Crippen molar-refractivity contribution in [1.29, 1.82) is 0 Å². The molecule has 1 saturated heterocycles. The zero-order chi connectivity index (χ0) is 17.4. The molecule has 1 aromatic heterocycles. The van der Waals surface area contributed by atoms with E-state index in [1.54, 1.807) is 18.5 Å². The highest BCUT2D eigenvalue weighted by atomic mass is 16.2. The molecule has 0 saturated carbocycles. The average Bonchev–Trinajstić information content (AvgIpc) is 2.60. The van der Waals surface area contributed by atoms with E-state index in [4.69, 9.17) is 0 Å². The number of fused-ring (bicyclic) bond motifs is 1. The number of aryl methyl sites for hydroxylation is 1. The van der Waals surface area contributed by atoms with Crippen LogP contribution in [0.2, 0.25) is 0 Å². The van der Waals surface area contributed by atoms with E-state index in [1.807, 2.05) is 29.2 Å². The molecular weight excluding hydrogens is 302 g/mol. The van der Waals surface area contributed by atoms with Crippen molar-refractivity contribution in [1.82, 2.24) is 14.8 Å². The lowest BCUT2D eigenvalue weighted by Crippen LogP contribution is -2.54. The number of carbonyl (C=O) groups is 1. The van der Waals surface area contributed by atoms with E-state index < -0.39 is 0 Å². The summed E-state index contributed by atoms with van der Waals surface area (Å²) in [5, 5.41) is 4.32. The van der Waals surface area contributed by atoms with Gasteiger partial charge in [-0.2, -0.15) is 0 Å². The predicted octanol–water partition coefficient (Wildman–Crippen LogP) is 1.92. The van der Waals surface area contributed by atoms with Gasteiger partial charge in [0.1, 0.15) is 0 Å². The van der Waals surface area contributed by atoms with Gasteiger partial charge in [-0.15, -0.1) is 0 Å². The number of aromatic nitrogens is 1. The highest BCUT2D eigenvalue weighted by Crippen LogP contribution is 2.22. The molecule has 5 heteroatoms. The van der Waals surface area contributed by atoms with Gasteiger partial charge in [0, 0.05) is 43.7 Å². The number of benzene rings is 1. The third-order valence-electron chi connectivity index (χ3n) is 5.05. The van der Waals surface area contributed by atoms with E-state index in [2.05, 4.69) is 19.2 Å². The number of para-hydroxylation sites is 1. The summed E-state index contributed by atoms with van der Waals surface area (Å²) in [6.45, 7) is 8.21. The van der Waals surface area contributed by atoms with Crippen molar-refractivity contribution in [3.63, 3.8) is 0 Å². The molecule has 5 nitrogen and oxygen atoms in total. The van der Waals surface area contributed by atoms with Crippen molar-refractivity contribution in [2.24, 2.45) is 13.0 Å². The van der Waals surface area contributed by atoms with Gasteiger partial charge in [0.2, 0.25) is 0 Å². The Morgan fingerprint density at radius 2 is 2.00 bits per heavy atom.